The number of carbonyl (C=O) groups excluding carboxylic acids is 1. The number of carbonyl (C=O) groups is 1. The number of nitrogens with zero attached hydrogens (tertiary/aromatic N) is 3. The van der Waals surface area contributed by atoms with E-state index in [4.69, 9.17) is 16.3 Å². The highest BCUT2D eigenvalue weighted by atomic mass is 35.5. The molecule has 0 spiro atoms. The van der Waals surface area contributed by atoms with Crippen LogP contribution >= 0.6 is 11.6 Å². The van der Waals surface area contributed by atoms with Crippen molar-refractivity contribution < 1.29 is 9.53 Å². The number of hydrogen-bond acceptors (Lipinski definition) is 3. The van der Waals surface area contributed by atoms with Gasteiger partial charge in [-0.05, 0) is 31.2 Å². The standard InChI is InChI=1S/C15H18ClN3O2/c1-12(19-8-4-7-17-19)15(20)18(2)9-10-21-14-6-3-5-13(16)11-14/h3-8,11-12H,9-10H2,1-2H3. The highest BCUT2D eigenvalue weighted by Crippen LogP contribution is 2.17. The summed E-state index contributed by atoms with van der Waals surface area (Å²) in [5, 5.41) is 4.71. The lowest BCUT2D eigenvalue weighted by Crippen LogP contribution is -2.36. The van der Waals surface area contributed by atoms with Crippen LogP contribution in [0.3, 0.4) is 0 Å². The average molecular weight is 308 g/mol. The first-order valence-corrected chi connectivity index (χ1v) is 7.08. The number of amides is 1. The Labute approximate surface area is 129 Å². The third-order valence-corrected chi connectivity index (χ3v) is 3.38. The summed E-state index contributed by atoms with van der Waals surface area (Å²) in [4.78, 5) is 13.9. The van der Waals surface area contributed by atoms with E-state index in [9.17, 15) is 4.79 Å². The van der Waals surface area contributed by atoms with Crippen molar-refractivity contribution in [2.75, 3.05) is 20.2 Å². The second-order valence-corrected chi connectivity index (χ2v) is 5.16. The van der Waals surface area contributed by atoms with E-state index in [0.29, 0.717) is 23.9 Å². The van der Waals surface area contributed by atoms with E-state index < -0.39 is 0 Å². The number of likely N-dealkylation sites (N-methyl/N-ethyl adjacent to an activating group) is 1. The number of ether oxygens (including phenoxy) is 1. The van der Waals surface area contributed by atoms with Gasteiger partial charge < -0.3 is 9.64 Å². The Morgan fingerprint density at radius 1 is 1.48 bits per heavy atom. The fourth-order valence-corrected chi connectivity index (χ4v) is 2.09. The Morgan fingerprint density at radius 2 is 2.29 bits per heavy atom. The number of benzene rings is 1. The number of hydrogen-bond donors (Lipinski definition) is 0. The van der Waals surface area contributed by atoms with Crippen molar-refractivity contribution in [2.24, 2.45) is 0 Å². The van der Waals surface area contributed by atoms with Gasteiger partial charge in [-0.1, -0.05) is 17.7 Å². The van der Waals surface area contributed by atoms with Crippen LogP contribution in [-0.2, 0) is 4.79 Å². The molecule has 0 aliphatic carbocycles. The molecule has 1 amide bonds. The summed E-state index contributed by atoms with van der Waals surface area (Å²) in [5.74, 6) is 0.692. The molecule has 1 unspecified atom stereocenters. The van der Waals surface area contributed by atoms with Crippen LogP contribution in [0.1, 0.15) is 13.0 Å². The fourth-order valence-electron chi connectivity index (χ4n) is 1.91. The summed E-state index contributed by atoms with van der Waals surface area (Å²) in [6, 6.07) is 8.67. The molecule has 6 heteroatoms. The lowest BCUT2D eigenvalue weighted by atomic mass is 10.3. The van der Waals surface area contributed by atoms with Gasteiger partial charge in [-0.3, -0.25) is 9.48 Å². The molecule has 2 rings (SSSR count). The van der Waals surface area contributed by atoms with Crippen molar-refractivity contribution in [1.29, 1.82) is 0 Å². The molecule has 0 bridgehead atoms. The molecule has 112 valence electrons. The third-order valence-electron chi connectivity index (χ3n) is 3.15. The summed E-state index contributed by atoms with van der Waals surface area (Å²) in [5.41, 5.74) is 0. The smallest absolute Gasteiger partial charge is 0.247 e. The first-order valence-electron chi connectivity index (χ1n) is 6.70. The lowest BCUT2D eigenvalue weighted by molar-refractivity contribution is -0.133. The highest BCUT2D eigenvalue weighted by Gasteiger charge is 2.19. The van der Waals surface area contributed by atoms with E-state index in [2.05, 4.69) is 5.10 Å². The van der Waals surface area contributed by atoms with Crippen LogP contribution < -0.4 is 4.74 Å². The van der Waals surface area contributed by atoms with Crippen molar-refractivity contribution in [1.82, 2.24) is 14.7 Å². The van der Waals surface area contributed by atoms with Gasteiger partial charge in [0.15, 0.2) is 0 Å². The van der Waals surface area contributed by atoms with Gasteiger partial charge in [0.05, 0.1) is 6.54 Å². The van der Waals surface area contributed by atoms with E-state index in [1.807, 2.05) is 19.1 Å². The van der Waals surface area contributed by atoms with Crippen LogP contribution in [0.25, 0.3) is 0 Å². The van der Waals surface area contributed by atoms with E-state index in [1.165, 1.54) is 0 Å². The maximum atomic E-state index is 12.2. The third kappa shape index (κ3) is 4.23. The molecule has 0 fully saturated rings. The normalized spacial score (nSPS) is 12.0. The van der Waals surface area contributed by atoms with Gasteiger partial charge in [0.25, 0.3) is 0 Å². The van der Waals surface area contributed by atoms with Gasteiger partial charge in [0.1, 0.15) is 18.4 Å². The molecule has 1 atom stereocenters. The van der Waals surface area contributed by atoms with Gasteiger partial charge in [0, 0.05) is 24.5 Å². The van der Waals surface area contributed by atoms with Crippen LogP contribution in [0.2, 0.25) is 5.02 Å². The molecule has 5 nitrogen and oxygen atoms in total. The Kier molecular flexibility index (Phi) is 5.22. The van der Waals surface area contributed by atoms with Crippen LogP contribution in [0.15, 0.2) is 42.7 Å². The van der Waals surface area contributed by atoms with Gasteiger partial charge in [0.2, 0.25) is 5.91 Å². The topological polar surface area (TPSA) is 47.4 Å². The SMILES string of the molecule is CC(C(=O)N(C)CCOc1cccc(Cl)c1)n1cccn1. The second-order valence-electron chi connectivity index (χ2n) is 4.73. The summed E-state index contributed by atoms with van der Waals surface area (Å²) in [7, 11) is 1.75. The minimum atomic E-state index is -0.323. The summed E-state index contributed by atoms with van der Waals surface area (Å²) >= 11 is 5.88. The van der Waals surface area contributed by atoms with Crippen LogP contribution in [-0.4, -0.2) is 40.8 Å². The monoisotopic (exact) mass is 307 g/mol. The van der Waals surface area contributed by atoms with Crippen molar-refractivity contribution in [3.8, 4) is 5.75 Å². The first kappa shape index (κ1) is 15.4. The van der Waals surface area contributed by atoms with Crippen molar-refractivity contribution >= 4 is 17.5 Å². The Morgan fingerprint density at radius 3 is 2.95 bits per heavy atom. The summed E-state index contributed by atoms with van der Waals surface area (Å²) in [6.07, 6.45) is 3.44. The average Bonchev–Trinajstić information content (AvgIpc) is 3.00. The Bertz CT molecular complexity index is 586. The zero-order valence-corrected chi connectivity index (χ0v) is 12.8. The van der Waals surface area contributed by atoms with E-state index in [-0.39, 0.29) is 11.9 Å². The van der Waals surface area contributed by atoms with Gasteiger partial charge in [-0.25, -0.2) is 0 Å². The quantitative estimate of drug-likeness (QED) is 0.824. The first-order chi connectivity index (χ1) is 10.1. The minimum Gasteiger partial charge on any atom is -0.492 e. The van der Waals surface area contributed by atoms with Crippen LogP contribution in [0, 0.1) is 0 Å². The molecule has 0 aliphatic rings. The molecule has 2 aromatic rings. The van der Waals surface area contributed by atoms with Crippen molar-refractivity contribution in [2.45, 2.75) is 13.0 Å². The van der Waals surface area contributed by atoms with E-state index >= 15 is 0 Å². The summed E-state index contributed by atoms with van der Waals surface area (Å²) in [6.45, 7) is 2.73. The van der Waals surface area contributed by atoms with Crippen LogP contribution in [0.5, 0.6) is 5.75 Å². The molecule has 1 aromatic heterocycles. The molecule has 1 aromatic carbocycles. The Hall–Kier alpha value is -2.01. The van der Waals surface area contributed by atoms with Crippen molar-refractivity contribution in [3.63, 3.8) is 0 Å². The molecule has 0 N–H and O–H groups in total. The van der Waals surface area contributed by atoms with Crippen LogP contribution in [0.4, 0.5) is 0 Å². The molecular weight excluding hydrogens is 290 g/mol. The molecule has 21 heavy (non-hydrogen) atoms. The highest BCUT2D eigenvalue weighted by molar-refractivity contribution is 6.30. The molecular formula is C15H18ClN3O2. The largest absolute Gasteiger partial charge is 0.492 e. The lowest BCUT2D eigenvalue weighted by Gasteiger charge is -2.21. The summed E-state index contributed by atoms with van der Waals surface area (Å²) < 4.78 is 7.21. The molecule has 0 aliphatic heterocycles. The van der Waals surface area contributed by atoms with Gasteiger partial charge in [-0.2, -0.15) is 5.10 Å². The molecule has 0 saturated carbocycles. The number of halogens is 1. The van der Waals surface area contributed by atoms with Gasteiger partial charge >= 0.3 is 0 Å². The predicted molar refractivity (Wildman–Crippen MR) is 81.5 cm³/mol. The predicted octanol–water partition coefficient (Wildman–Crippen LogP) is 2.63. The minimum absolute atomic E-state index is 0.00612. The number of aromatic nitrogens is 2. The Balaban J connectivity index is 1.81. The maximum Gasteiger partial charge on any atom is 0.247 e. The molecule has 0 radical (unpaired) electrons. The zero-order valence-electron chi connectivity index (χ0n) is 12.1. The van der Waals surface area contributed by atoms with Crippen molar-refractivity contribution in [3.05, 3.63) is 47.7 Å². The molecule has 0 saturated heterocycles. The zero-order chi connectivity index (χ0) is 15.2. The maximum absolute atomic E-state index is 12.2. The number of rotatable bonds is 6. The second kappa shape index (κ2) is 7.13. The van der Waals surface area contributed by atoms with E-state index in [0.717, 1.165) is 0 Å². The fraction of sp³-hybridized carbons (Fsp3) is 0.333. The van der Waals surface area contributed by atoms with Gasteiger partial charge in [-0.15, -0.1) is 0 Å². The molecule has 1 heterocycles. The van der Waals surface area contributed by atoms with E-state index in [1.54, 1.807) is 47.2 Å².